The lowest BCUT2D eigenvalue weighted by atomic mass is 9.90. The Hall–Kier alpha value is -1.10. The van der Waals surface area contributed by atoms with Gasteiger partial charge in [-0.1, -0.05) is 20.8 Å². The number of nitrogens with one attached hydrogen (secondary N) is 1. The fourth-order valence-corrected chi connectivity index (χ4v) is 2.81. The molecular weight excluding hydrogens is 256 g/mol. The Morgan fingerprint density at radius 2 is 2.05 bits per heavy atom. The molecule has 0 aromatic rings. The standard InChI is InChI=1S/C15H28N2O3/c1-4-7-17-9-12(5-6-14(18)19)8-13(10-17)16-15(20)11(2)3/h11-13H,4-10H2,1-3H3,(H,16,20)(H,18,19). The summed E-state index contributed by atoms with van der Waals surface area (Å²) in [4.78, 5) is 24.9. The van der Waals surface area contributed by atoms with E-state index in [0.29, 0.717) is 12.3 Å². The fourth-order valence-electron chi connectivity index (χ4n) is 2.81. The Bertz CT molecular complexity index is 331. The van der Waals surface area contributed by atoms with Gasteiger partial charge >= 0.3 is 5.97 Å². The first kappa shape index (κ1) is 17.0. The highest BCUT2D eigenvalue weighted by atomic mass is 16.4. The van der Waals surface area contributed by atoms with Gasteiger partial charge in [0.2, 0.25) is 5.91 Å². The van der Waals surface area contributed by atoms with Crippen molar-refractivity contribution in [2.45, 2.75) is 52.5 Å². The van der Waals surface area contributed by atoms with Gasteiger partial charge in [0.25, 0.3) is 0 Å². The summed E-state index contributed by atoms with van der Waals surface area (Å²) in [6.07, 6.45) is 2.89. The van der Waals surface area contributed by atoms with Crippen LogP contribution in [0.2, 0.25) is 0 Å². The second kappa shape index (κ2) is 8.25. The average molecular weight is 284 g/mol. The zero-order chi connectivity index (χ0) is 15.1. The Morgan fingerprint density at radius 1 is 1.35 bits per heavy atom. The number of carbonyl (C=O) groups is 2. The smallest absolute Gasteiger partial charge is 0.303 e. The summed E-state index contributed by atoms with van der Waals surface area (Å²) in [5, 5.41) is 11.9. The van der Waals surface area contributed by atoms with Crippen molar-refractivity contribution in [2.24, 2.45) is 11.8 Å². The van der Waals surface area contributed by atoms with Gasteiger partial charge in [-0.2, -0.15) is 0 Å². The minimum Gasteiger partial charge on any atom is -0.481 e. The number of carbonyl (C=O) groups excluding carboxylic acids is 1. The largest absolute Gasteiger partial charge is 0.481 e. The first-order valence-electron chi connectivity index (χ1n) is 7.66. The predicted octanol–water partition coefficient (Wildman–Crippen LogP) is 1.72. The third-order valence-corrected chi connectivity index (χ3v) is 3.79. The van der Waals surface area contributed by atoms with E-state index in [1.165, 1.54) is 0 Å². The van der Waals surface area contributed by atoms with Crippen molar-refractivity contribution in [1.29, 1.82) is 0 Å². The average Bonchev–Trinajstić information content (AvgIpc) is 2.36. The molecule has 0 bridgehead atoms. The maximum Gasteiger partial charge on any atom is 0.303 e. The van der Waals surface area contributed by atoms with Crippen LogP contribution < -0.4 is 5.32 Å². The molecule has 1 aliphatic heterocycles. The van der Waals surface area contributed by atoms with Crippen molar-refractivity contribution in [3.8, 4) is 0 Å². The molecule has 0 spiro atoms. The van der Waals surface area contributed by atoms with Crippen molar-refractivity contribution in [2.75, 3.05) is 19.6 Å². The van der Waals surface area contributed by atoms with Crippen LogP contribution in [0.1, 0.15) is 46.5 Å². The number of carboxylic acids is 1. The number of likely N-dealkylation sites (tertiary alicyclic amines) is 1. The molecule has 0 aliphatic carbocycles. The van der Waals surface area contributed by atoms with Crippen LogP contribution in [-0.4, -0.2) is 47.6 Å². The third kappa shape index (κ3) is 5.90. The number of carboxylic acid groups (broad SMARTS) is 1. The van der Waals surface area contributed by atoms with Crippen LogP contribution in [0.4, 0.5) is 0 Å². The summed E-state index contributed by atoms with van der Waals surface area (Å²) < 4.78 is 0. The van der Waals surface area contributed by atoms with Gasteiger partial charge in [0.05, 0.1) is 0 Å². The highest BCUT2D eigenvalue weighted by molar-refractivity contribution is 5.78. The van der Waals surface area contributed by atoms with Crippen molar-refractivity contribution in [3.63, 3.8) is 0 Å². The van der Waals surface area contributed by atoms with Gasteiger partial charge in [0.1, 0.15) is 0 Å². The summed E-state index contributed by atoms with van der Waals surface area (Å²) in [6, 6.07) is 0.156. The van der Waals surface area contributed by atoms with Crippen molar-refractivity contribution < 1.29 is 14.7 Å². The van der Waals surface area contributed by atoms with Crippen molar-refractivity contribution in [1.82, 2.24) is 10.2 Å². The zero-order valence-corrected chi connectivity index (χ0v) is 12.9. The molecule has 20 heavy (non-hydrogen) atoms. The summed E-state index contributed by atoms with van der Waals surface area (Å²) in [5.41, 5.74) is 0. The molecule has 1 heterocycles. The second-order valence-electron chi connectivity index (χ2n) is 6.15. The van der Waals surface area contributed by atoms with Crippen LogP contribution in [0, 0.1) is 11.8 Å². The molecule has 116 valence electrons. The van der Waals surface area contributed by atoms with E-state index in [2.05, 4.69) is 17.1 Å². The number of hydrogen-bond donors (Lipinski definition) is 2. The van der Waals surface area contributed by atoms with Crippen molar-refractivity contribution >= 4 is 11.9 Å². The number of rotatable bonds is 7. The number of piperidine rings is 1. The lowest BCUT2D eigenvalue weighted by Crippen LogP contribution is -2.51. The van der Waals surface area contributed by atoms with Crippen LogP contribution in [-0.2, 0) is 9.59 Å². The van der Waals surface area contributed by atoms with Gasteiger partial charge in [0.15, 0.2) is 0 Å². The molecule has 2 unspecified atom stereocenters. The second-order valence-corrected chi connectivity index (χ2v) is 6.15. The lowest BCUT2D eigenvalue weighted by Gasteiger charge is -2.38. The monoisotopic (exact) mass is 284 g/mol. The van der Waals surface area contributed by atoms with E-state index < -0.39 is 5.97 Å². The number of hydrogen-bond acceptors (Lipinski definition) is 3. The normalized spacial score (nSPS) is 23.8. The van der Waals surface area contributed by atoms with Gasteiger partial charge in [-0.25, -0.2) is 0 Å². The summed E-state index contributed by atoms with van der Waals surface area (Å²) >= 11 is 0. The molecule has 1 rings (SSSR count). The molecule has 1 amide bonds. The summed E-state index contributed by atoms with van der Waals surface area (Å²) in [6.45, 7) is 8.78. The fraction of sp³-hybridized carbons (Fsp3) is 0.867. The molecule has 1 fully saturated rings. The third-order valence-electron chi connectivity index (χ3n) is 3.79. The summed E-state index contributed by atoms with van der Waals surface area (Å²) in [7, 11) is 0. The molecular formula is C15H28N2O3. The van der Waals surface area contributed by atoms with Crippen LogP contribution in [0.5, 0.6) is 0 Å². The maximum absolute atomic E-state index is 11.8. The quantitative estimate of drug-likeness (QED) is 0.747. The Balaban J connectivity index is 2.55. The molecule has 0 radical (unpaired) electrons. The van der Waals surface area contributed by atoms with E-state index in [0.717, 1.165) is 32.5 Å². The molecule has 0 saturated carbocycles. The predicted molar refractivity (Wildman–Crippen MR) is 78.5 cm³/mol. The summed E-state index contributed by atoms with van der Waals surface area (Å²) in [5.74, 6) is -0.288. The number of nitrogens with zero attached hydrogens (tertiary/aromatic N) is 1. The Labute approximate surface area is 121 Å². The van der Waals surface area contributed by atoms with E-state index in [9.17, 15) is 9.59 Å². The van der Waals surface area contributed by atoms with Crippen LogP contribution in [0.3, 0.4) is 0 Å². The molecule has 1 saturated heterocycles. The topological polar surface area (TPSA) is 69.6 Å². The minimum absolute atomic E-state index is 0.00554. The minimum atomic E-state index is -0.736. The highest BCUT2D eigenvalue weighted by Crippen LogP contribution is 2.22. The molecule has 5 nitrogen and oxygen atoms in total. The van der Waals surface area contributed by atoms with E-state index >= 15 is 0 Å². The number of aliphatic carboxylic acids is 1. The van der Waals surface area contributed by atoms with E-state index in [1.54, 1.807) is 0 Å². The van der Waals surface area contributed by atoms with Gasteiger partial charge in [-0.05, 0) is 31.7 Å². The molecule has 5 heteroatoms. The SMILES string of the molecule is CCCN1CC(CCC(=O)O)CC(NC(=O)C(C)C)C1. The van der Waals surface area contributed by atoms with E-state index in [4.69, 9.17) is 5.11 Å². The van der Waals surface area contributed by atoms with E-state index in [1.807, 2.05) is 13.8 Å². The number of amides is 1. The Kier molecular flexibility index (Phi) is 6.99. The maximum atomic E-state index is 11.8. The molecule has 0 aromatic carbocycles. The van der Waals surface area contributed by atoms with Crippen LogP contribution >= 0.6 is 0 Å². The molecule has 1 aliphatic rings. The lowest BCUT2D eigenvalue weighted by molar-refractivity contribution is -0.137. The first-order valence-corrected chi connectivity index (χ1v) is 7.66. The molecule has 2 atom stereocenters. The first-order chi connectivity index (χ1) is 9.42. The van der Waals surface area contributed by atoms with Crippen LogP contribution in [0.15, 0.2) is 0 Å². The van der Waals surface area contributed by atoms with Gasteiger partial charge in [0, 0.05) is 31.5 Å². The van der Waals surface area contributed by atoms with E-state index in [-0.39, 0.29) is 24.3 Å². The van der Waals surface area contributed by atoms with Gasteiger partial charge in [-0.15, -0.1) is 0 Å². The van der Waals surface area contributed by atoms with Gasteiger partial charge < -0.3 is 15.3 Å². The van der Waals surface area contributed by atoms with Crippen molar-refractivity contribution in [3.05, 3.63) is 0 Å². The molecule has 0 aromatic heterocycles. The highest BCUT2D eigenvalue weighted by Gasteiger charge is 2.28. The zero-order valence-electron chi connectivity index (χ0n) is 12.9. The van der Waals surface area contributed by atoms with Crippen LogP contribution in [0.25, 0.3) is 0 Å². The Morgan fingerprint density at radius 3 is 2.60 bits per heavy atom. The molecule has 2 N–H and O–H groups in total. The van der Waals surface area contributed by atoms with Gasteiger partial charge in [-0.3, -0.25) is 9.59 Å².